The van der Waals surface area contributed by atoms with Crippen LogP contribution in [-0.4, -0.2) is 60.4 Å². The van der Waals surface area contributed by atoms with E-state index in [1.165, 1.54) is 12.8 Å². The molecular weight excluding hydrogens is 390 g/mol. The molecule has 1 aromatic rings. The van der Waals surface area contributed by atoms with Crippen LogP contribution >= 0.6 is 0 Å². The zero-order valence-corrected chi connectivity index (χ0v) is 18.0. The molecule has 0 spiro atoms. The molecule has 1 N–H and O–H groups in total. The molecule has 2 saturated heterocycles. The summed E-state index contributed by atoms with van der Waals surface area (Å²) in [5.41, 5.74) is 1.65. The number of rotatable bonds is 6. The predicted octanol–water partition coefficient (Wildman–Crippen LogP) is 1.60. The first-order valence-electron chi connectivity index (χ1n) is 10.3. The van der Waals surface area contributed by atoms with Gasteiger partial charge in [-0.2, -0.15) is 0 Å². The highest BCUT2D eigenvalue weighted by atomic mass is 32.2. The zero-order chi connectivity index (χ0) is 20.9. The van der Waals surface area contributed by atoms with Gasteiger partial charge < -0.3 is 10.2 Å². The summed E-state index contributed by atoms with van der Waals surface area (Å²) in [5, 5.41) is 3.45. The minimum absolute atomic E-state index is 0.0516. The molecule has 29 heavy (non-hydrogen) atoms. The summed E-state index contributed by atoms with van der Waals surface area (Å²) in [5.74, 6) is -1.05. The van der Waals surface area contributed by atoms with Crippen molar-refractivity contribution in [3.05, 3.63) is 35.4 Å². The Labute approximate surface area is 172 Å². The standard InChI is InChI=1S/C21H29N3O4S/c1-13(2)18-19-17(24(21(18)26)29(3,27)28)9-10-23(19)20(25)15-6-4-5-14(11-15)12-22-16-7-8-16/h4-6,11,13,16-19,22H,7-10,12H2,1-3H3/t17-,18+,19-/m0/s1. The van der Waals surface area contributed by atoms with Crippen molar-refractivity contribution in [3.8, 4) is 0 Å². The van der Waals surface area contributed by atoms with E-state index in [0.717, 1.165) is 22.7 Å². The number of benzene rings is 1. The highest BCUT2D eigenvalue weighted by molar-refractivity contribution is 7.88. The van der Waals surface area contributed by atoms with E-state index >= 15 is 0 Å². The van der Waals surface area contributed by atoms with Gasteiger partial charge in [0.25, 0.3) is 5.91 Å². The lowest BCUT2D eigenvalue weighted by Crippen LogP contribution is -2.44. The summed E-state index contributed by atoms with van der Waals surface area (Å²) < 4.78 is 25.6. The van der Waals surface area contributed by atoms with Crippen molar-refractivity contribution in [2.75, 3.05) is 12.8 Å². The van der Waals surface area contributed by atoms with Crippen LogP contribution in [0.4, 0.5) is 0 Å². The van der Waals surface area contributed by atoms with E-state index in [-0.39, 0.29) is 17.7 Å². The predicted molar refractivity (Wildman–Crippen MR) is 110 cm³/mol. The Morgan fingerprint density at radius 1 is 1.24 bits per heavy atom. The average molecular weight is 420 g/mol. The maximum absolute atomic E-state index is 13.3. The molecule has 1 aromatic carbocycles. The Hall–Kier alpha value is -1.93. The van der Waals surface area contributed by atoms with Gasteiger partial charge >= 0.3 is 0 Å². The topological polar surface area (TPSA) is 86.8 Å². The van der Waals surface area contributed by atoms with Crippen LogP contribution in [0.15, 0.2) is 24.3 Å². The summed E-state index contributed by atoms with van der Waals surface area (Å²) >= 11 is 0. The van der Waals surface area contributed by atoms with Gasteiger partial charge in [-0.15, -0.1) is 0 Å². The van der Waals surface area contributed by atoms with Gasteiger partial charge in [-0.25, -0.2) is 12.7 Å². The van der Waals surface area contributed by atoms with E-state index in [0.29, 0.717) is 24.6 Å². The summed E-state index contributed by atoms with van der Waals surface area (Å²) in [4.78, 5) is 28.0. The van der Waals surface area contributed by atoms with Crippen molar-refractivity contribution >= 4 is 21.8 Å². The number of carbonyl (C=O) groups is 2. The van der Waals surface area contributed by atoms with Crippen LogP contribution in [-0.2, 0) is 21.4 Å². The van der Waals surface area contributed by atoms with Gasteiger partial charge in [0.2, 0.25) is 15.9 Å². The second kappa shape index (κ2) is 7.40. The van der Waals surface area contributed by atoms with Crippen molar-refractivity contribution < 1.29 is 18.0 Å². The first kappa shape index (κ1) is 20.3. The van der Waals surface area contributed by atoms with Crippen molar-refractivity contribution in [3.63, 3.8) is 0 Å². The molecule has 2 heterocycles. The Morgan fingerprint density at radius 2 is 1.97 bits per heavy atom. The molecule has 8 heteroatoms. The molecular formula is C21H29N3O4S. The molecule has 1 saturated carbocycles. The van der Waals surface area contributed by atoms with E-state index in [9.17, 15) is 18.0 Å². The molecule has 4 rings (SSSR count). The van der Waals surface area contributed by atoms with Crippen molar-refractivity contribution in [2.24, 2.45) is 11.8 Å². The van der Waals surface area contributed by atoms with E-state index < -0.39 is 28.0 Å². The Kier molecular flexibility index (Phi) is 5.19. The highest BCUT2D eigenvalue weighted by Crippen LogP contribution is 2.41. The van der Waals surface area contributed by atoms with Gasteiger partial charge in [-0.3, -0.25) is 9.59 Å². The highest BCUT2D eigenvalue weighted by Gasteiger charge is 2.58. The van der Waals surface area contributed by atoms with Crippen molar-refractivity contribution in [2.45, 2.75) is 57.8 Å². The lowest BCUT2D eigenvalue weighted by Gasteiger charge is -2.29. The van der Waals surface area contributed by atoms with Crippen molar-refractivity contribution in [1.82, 2.24) is 14.5 Å². The third-order valence-electron chi connectivity index (χ3n) is 6.27. The molecule has 7 nitrogen and oxygen atoms in total. The van der Waals surface area contributed by atoms with Gasteiger partial charge in [0.1, 0.15) is 0 Å². The van der Waals surface area contributed by atoms with Gasteiger partial charge in [0.15, 0.2) is 0 Å². The van der Waals surface area contributed by atoms with Gasteiger partial charge in [0.05, 0.1) is 24.3 Å². The lowest BCUT2D eigenvalue weighted by atomic mass is 9.88. The molecule has 3 atom stereocenters. The normalized spacial score (nSPS) is 27.0. The Bertz CT molecular complexity index is 926. The SMILES string of the molecule is CC(C)[C@H]1C(=O)N(S(C)(=O)=O)[C@H]2CCN(C(=O)c3cccc(CNC4CC4)c3)[C@H]12. The number of nitrogens with one attached hydrogen (secondary N) is 1. The molecule has 0 bridgehead atoms. The first-order chi connectivity index (χ1) is 13.7. The average Bonchev–Trinajstić information content (AvgIpc) is 3.31. The van der Waals surface area contributed by atoms with Gasteiger partial charge in [-0.1, -0.05) is 26.0 Å². The summed E-state index contributed by atoms with van der Waals surface area (Å²) in [6.45, 7) is 5.02. The lowest BCUT2D eigenvalue weighted by molar-refractivity contribution is -0.129. The second-order valence-corrected chi connectivity index (χ2v) is 10.7. The molecule has 1 aliphatic carbocycles. The van der Waals surface area contributed by atoms with E-state index in [4.69, 9.17) is 0 Å². The molecule has 2 aliphatic heterocycles. The summed E-state index contributed by atoms with van der Waals surface area (Å²) in [6, 6.07) is 7.30. The maximum Gasteiger partial charge on any atom is 0.254 e. The molecule has 0 aromatic heterocycles. The molecule has 3 fully saturated rings. The molecule has 0 unspecified atom stereocenters. The first-order valence-corrected chi connectivity index (χ1v) is 12.2. The van der Waals surface area contributed by atoms with Crippen molar-refractivity contribution in [1.29, 1.82) is 0 Å². The quantitative estimate of drug-likeness (QED) is 0.757. The van der Waals surface area contributed by atoms with Crippen LogP contribution in [0.1, 0.15) is 49.0 Å². The van der Waals surface area contributed by atoms with Crippen LogP contribution in [0.3, 0.4) is 0 Å². The number of amides is 2. The second-order valence-electron chi connectivity index (χ2n) is 8.87. The maximum atomic E-state index is 13.3. The van der Waals surface area contributed by atoms with Gasteiger partial charge in [0, 0.05) is 24.7 Å². The smallest absolute Gasteiger partial charge is 0.254 e. The van der Waals surface area contributed by atoms with E-state index in [1.807, 2.05) is 32.0 Å². The minimum atomic E-state index is -3.66. The third-order valence-corrected chi connectivity index (χ3v) is 7.44. The monoisotopic (exact) mass is 419 g/mol. The van der Waals surface area contributed by atoms with E-state index in [2.05, 4.69) is 5.32 Å². The van der Waals surface area contributed by atoms with Crippen LogP contribution in [0, 0.1) is 11.8 Å². The number of likely N-dealkylation sites (tertiary alicyclic amines) is 1. The minimum Gasteiger partial charge on any atom is -0.333 e. The number of sulfonamides is 1. The largest absolute Gasteiger partial charge is 0.333 e. The Morgan fingerprint density at radius 3 is 2.59 bits per heavy atom. The van der Waals surface area contributed by atoms with E-state index in [1.54, 1.807) is 11.0 Å². The molecule has 3 aliphatic rings. The fourth-order valence-corrected chi connectivity index (χ4v) is 5.97. The fourth-order valence-electron chi connectivity index (χ4n) is 4.80. The molecule has 2 amide bonds. The number of nitrogens with zero attached hydrogens (tertiary/aromatic N) is 2. The number of fused-ring (bicyclic) bond motifs is 1. The fraction of sp³-hybridized carbons (Fsp3) is 0.619. The summed E-state index contributed by atoms with van der Waals surface area (Å²) in [7, 11) is -3.66. The molecule has 0 radical (unpaired) electrons. The van der Waals surface area contributed by atoms with Crippen LogP contribution in [0.5, 0.6) is 0 Å². The number of hydrogen-bond acceptors (Lipinski definition) is 5. The Balaban J connectivity index is 1.59. The number of carbonyl (C=O) groups excluding carboxylic acids is 2. The third kappa shape index (κ3) is 3.80. The number of hydrogen-bond donors (Lipinski definition) is 1. The van der Waals surface area contributed by atoms with Crippen LogP contribution in [0.2, 0.25) is 0 Å². The molecule has 158 valence electrons. The van der Waals surface area contributed by atoms with Crippen LogP contribution in [0.25, 0.3) is 0 Å². The summed E-state index contributed by atoms with van der Waals surface area (Å²) in [6.07, 6.45) is 3.97. The zero-order valence-electron chi connectivity index (χ0n) is 17.2. The van der Waals surface area contributed by atoms with Crippen LogP contribution < -0.4 is 5.32 Å². The van der Waals surface area contributed by atoms with Gasteiger partial charge in [-0.05, 0) is 42.9 Å².